The maximum atomic E-state index is 13.3. The summed E-state index contributed by atoms with van der Waals surface area (Å²) in [5.74, 6) is 1.21. The summed E-state index contributed by atoms with van der Waals surface area (Å²) in [6, 6.07) is 23.0. The average Bonchev–Trinajstić information content (AvgIpc) is 3.01. The molecule has 248 valence electrons. The summed E-state index contributed by atoms with van der Waals surface area (Å²) in [5, 5.41) is 21.4. The zero-order chi connectivity index (χ0) is 34.7. The van der Waals surface area contributed by atoms with Crippen molar-refractivity contribution in [3.05, 3.63) is 151 Å². The third kappa shape index (κ3) is 7.89. The van der Waals surface area contributed by atoms with Crippen LogP contribution in [0, 0.1) is 55.4 Å². The van der Waals surface area contributed by atoms with Crippen molar-refractivity contribution in [3.63, 3.8) is 0 Å². The van der Waals surface area contributed by atoms with E-state index in [-0.39, 0.29) is 12.4 Å². The van der Waals surface area contributed by atoms with Crippen LogP contribution in [0.5, 0.6) is 23.0 Å². The van der Waals surface area contributed by atoms with Gasteiger partial charge in [0.05, 0.1) is 5.56 Å². The molecular weight excluding hydrogens is 600 g/mol. The van der Waals surface area contributed by atoms with Crippen LogP contribution < -0.4 is 9.62 Å². The molecule has 0 heterocycles. The molecule has 5 rings (SSSR count). The van der Waals surface area contributed by atoms with E-state index in [2.05, 4.69) is 6.07 Å². The molecule has 6 heteroatoms. The molecule has 0 aliphatic rings. The van der Waals surface area contributed by atoms with Crippen LogP contribution in [0.25, 0.3) is 0 Å². The molecule has 5 aromatic carbocycles. The number of ether oxygens (including phenoxy) is 1. The molecular formula is C42H44O6. The highest BCUT2D eigenvalue weighted by atomic mass is 17.2. The van der Waals surface area contributed by atoms with E-state index in [9.17, 15) is 15.0 Å². The molecule has 0 saturated carbocycles. The second-order valence-electron chi connectivity index (χ2n) is 13.1. The van der Waals surface area contributed by atoms with Crippen LogP contribution in [0.15, 0.2) is 72.8 Å². The largest absolute Gasteiger partial charge is 0.507 e. The molecule has 0 fully saturated rings. The average molecular weight is 645 g/mol. The van der Waals surface area contributed by atoms with E-state index in [4.69, 9.17) is 14.5 Å². The van der Waals surface area contributed by atoms with E-state index < -0.39 is 5.97 Å². The number of esters is 1. The highest BCUT2D eigenvalue weighted by Gasteiger charge is 2.18. The lowest BCUT2D eigenvalue weighted by molar-refractivity contribution is -0.218. The van der Waals surface area contributed by atoms with E-state index in [0.29, 0.717) is 35.7 Å². The van der Waals surface area contributed by atoms with Crippen LogP contribution in [0.3, 0.4) is 0 Å². The Morgan fingerprint density at radius 2 is 0.958 bits per heavy atom. The first-order valence-corrected chi connectivity index (χ1v) is 16.2. The van der Waals surface area contributed by atoms with Gasteiger partial charge in [-0.3, -0.25) is 0 Å². The van der Waals surface area contributed by atoms with Gasteiger partial charge in [-0.05, 0) is 112 Å². The van der Waals surface area contributed by atoms with Gasteiger partial charge in [0.2, 0.25) is 0 Å². The van der Waals surface area contributed by atoms with Gasteiger partial charge < -0.3 is 19.8 Å². The molecule has 0 bridgehead atoms. The lowest BCUT2D eigenvalue weighted by Crippen LogP contribution is -2.12. The normalized spacial score (nSPS) is 11.1. The number of hydrogen-bond acceptors (Lipinski definition) is 6. The van der Waals surface area contributed by atoms with Crippen molar-refractivity contribution < 1.29 is 29.5 Å². The monoisotopic (exact) mass is 644 g/mol. The van der Waals surface area contributed by atoms with E-state index in [1.54, 1.807) is 12.1 Å². The number of aryl methyl sites for hydroxylation is 8. The number of phenols is 2. The van der Waals surface area contributed by atoms with E-state index >= 15 is 0 Å². The molecule has 0 aliphatic heterocycles. The minimum atomic E-state index is -0.467. The Hall–Kier alpha value is -5.07. The number of hydrogen-bond donors (Lipinski definition) is 2. The highest BCUT2D eigenvalue weighted by molar-refractivity contribution is 5.91. The van der Waals surface area contributed by atoms with Crippen molar-refractivity contribution in [1.29, 1.82) is 0 Å². The van der Waals surface area contributed by atoms with Crippen LogP contribution in [-0.2, 0) is 24.3 Å². The SMILES string of the molecule is Cc1cc(C)c(O)c(Cc2cc(C)cc(C)c2OOCc2ccc(C(=O)Oc3c(C)cc(C)cc3Cc3cc(C)cc(C)c3O)cc2)c1. The topological polar surface area (TPSA) is 85.2 Å². The maximum Gasteiger partial charge on any atom is 0.343 e. The summed E-state index contributed by atoms with van der Waals surface area (Å²) in [5.41, 5.74) is 12.3. The van der Waals surface area contributed by atoms with Crippen LogP contribution in [0.2, 0.25) is 0 Å². The minimum absolute atomic E-state index is 0.164. The van der Waals surface area contributed by atoms with Gasteiger partial charge in [0.15, 0.2) is 5.75 Å². The Bertz CT molecular complexity index is 1990. The Morgan fingerprint density at radius 3 is 1.46 bits per heavy atom. The first-order valence-electron chi connectivity index (χ1n) is 16.2. The molecule has 0 unspecified atom stereocenters. The Balaban J connectivity index is 1.27. The number of benzene rings is 5. The van der Waals surface area contributed by atoms with Gasteiger partial charge in [0.1, 0.15) is 23.9 Å². The summed E-state index contributed by atoms with van der Waals surface area (Å²) < 4.78 is 5.98. The molecule has 0 amide bonds. The maximum absolute atomic E-state index is 13.3. The Labute approximate surface area is 283 Å². The third-order valence-electron chi connectivity index (χ3n) is 8.55. The molecule has 0 spiro atoms. The molecule has 0 saturated heterocycles. The standard InChI is InChI=1S/C42H44O6/c1-24-13-28(5)38(43)34(17-24)21-36-19-26(3)15-30(7)40(36)47-42(45)33-11-9-32(10-12-33)23-46-48-41-31(8)16-27(4)20-37(41)22-35-18-25(2)14-29(6)39(35)44/h9-20,43-44H,21-23H2,1-8H3. The van der Waals surface area contributed by atoms with Crippen LogP contribution in [0.1, 0.15) is 82.7 Å². The quantitative estimate of drug-likeness (QED) is 0.0682. The fourth-order valence-electron chi connectivity index (χ4n) is 6.43. The molecule has 48 heavy (non-hydrogen) atoms. The van der Waals surface area contributed by atoms with Crippen molar-refractivity contribution in [2.24, 2.45) is 0 Å². The first kappa shape index (κ1) is 34.3. The van der Waals surface area contributed by atoms with E-state index in [0.717, 1.165) is 72.3 Å². The summed E-state index contributed by atoms with van der Waals surface area (Å²) in [4.78, 5) is 24.9. The summed E-state index contributed by atoms with van der Waals surface area (Å²) in [6.45, 7) is 15.9. The highest BCUT2D eigenvalue weighted by Crippen LogP contribution is 2.34. The fourth-order valence-corrected chi connectivity index (χ4v) is 6.43. The molecule has 5 aromatic rings. The van der Waals surface area contributed by atoms with E-state index in [1.165, 1.54) is 0 Å². The van der Waals surface area contributed by atoms with Crippen LogP contribution in [-0.4, -0.2) is 16.2 Å². The van der Waals surface area contributed by atoms with Crippen molar-refractivity contribution in [1.82, 2.24) is 0 Å². The third-order valence-corrected chi connectivity index (χ3v) is 8.55. The Morgan fingerprint density at radius 1 is 0.542 bits per heavy atom. The predicted molar refractivity (Wildman–Crippen MR) is 189 cm³/mol. The van der Waals surface area contributed by atoms with Gasteiger partial charge in [0.25, 0.3) is 0 Å². The summed E-state index contributed by atoms with van der Waals surface area (Å²) in [7, 11) is 0. The number of carbonyl (C=O) groups excluding carboxylic acids is 1. The molecule has 0 aliphatic carbocycles. The second-order valence-corrected chi connectivity index (χ2v) is 13.1. The number of rotatable bonds is 10. The van der Waals surface area contributed by atoms with Gasteiger partial charge in [-0.25, -0.2) is 4.79 Å². The predicted octanol–water partition coefficient (Wildman–Crippen LogP) is 9.48. The zero-order valence-electron chi connectivity index (χ0n) is 29.1. The smallest absolute Gasteiger partial charge is 0.343 e. The molecule has 0 atom stereocenters. The van der Waals surface area contributed by atoms with Crippen molar-refractivity contribution in [2.45, 2.75) is 74.8 Å². The van der Waals surface area contributed by atoms with Gasteiger partial charge in [0, 0.05) is 18.4 Å². The first-order chi connectivity index (χ1) is 22.8. The van der Waals surface area contributed by atoms with Gasteiger partial charge in [-0.2, -0.15) is 4.89 Å². The molecule has 2 N–H and O–H groups in total. The fraction of sp³-hybridized carbons (Fsp3) is 0.262. The van der Waals surface area contributed by atoms with Crippen LogP contribution >= 0.6 is 0 Å². The molecule has 0 aromatic heterocycles. The number of aromatic hydroxyl groups is 2. The lowest BCUT2D eigenvalue weighted by Gasteiger charge is -2.16. The lowest BCUT2D eigenvalue weighted by atomic mass is 9.96. The van der Waals surface area contributed by atoms with Gasteiger partial charge in [-0.15, -0.1) is 0 Å². The van der Waals surface area contributed by atoms with Crippen molar-refractivity contribution >= 4 is 5.97 Å². The van der Waals surface area contributed by atoms with Crippen molar-refractivity contribution in [2.75, 3.05) is 0 Å². The molecule has 0 radical (unpaired) electrons. The Kier molecular flexibility index (Phi) is 10.3. The van der Waals surface area contributed by atoms with E-state index in [1.807, 2.05) is 110 Å². The molecule has 6 nitrogen and oxygen atoms in total. The number of phenolic OH excluding ortho intramolecular Hbond substituents is 2. The van der Waals surface area contributed by atoms with Gasteiger partial charge in [-0.1, -0.05) is 82.9 Å². The van der Waals surface area contributed by atoms with Crippen molar-refractivity contribution in [3.8, 4) is 23.0 Å². The summed E-state index contributed by atoms with van der Waals surface area (Å²) >= 11 is 0. The van der Waals surface area contributed by atoms with Gasteiger partial charge >= 0.3 is 5.97 Å². The minimum Gasteiger partial charge on any atom is -0.507 e. The second kappa shape index (κ2) is 14.4. The van der Waals surface area contributed by atoms with Crippen LogP contribution in [0.4, 0.5) is 0 Å². The zero-order valence-corrected chi connectivity index (χ0v) is 29.1. The summed E-state index contributed by atoms with van der Waals surface area (Å²) in [6.07, 6.45) is 0.935. The number of carbonyl (C=O) groups is 1.